The highest BCUT2D eigenvalue weighted by Crippen LogP contribution is 2.23. The van der Waals surface area contributed by atoms with Crippen molar-refractivity contribution in [2.24, 2.45) is 0 Å². The molecule has 0 radical (unpaired) electrons. The third-order valence-corrected chi connectivity index (χ3v) is 5.22. The minimum atomic E-state index is -0.738. The largest absolute Gasteiger partial charge is 0.456 e. The quantitative estimate of drug-likeness (QED) is 0.326. The van der Waals surface area contributed by atoms with Gasteiger partial charge in [0.2, 0.25) is 0 Å². The van der Waals surface area contributed by atoms with Crippen LogP contribution in [0.25, 0.3) is 21.7 Å². The van der Waals surface area contributed by atoms with E-state index in [1.165, 1.54) is 16.8 Å². The van der Waals surface area contributed by atoms with Crippen molar-refractivity contribution < 1.29 is 23.5 Å². The number of fused-ring (bicyclic) bond motifs is 2. The van der Waals surface area contributed by atoms with Crippen LogP contribution in [0.4, 0.5) is 10.5 Å². The maximum absolute atomic E-state index is 13.0. The van der Waals surface area contributed by atoms with Crippen LogP contribution < -0.4 is 16.5 Å². The van der Waals surface area contributed by atoms with E-state index < -0.39 is 17.7 Å². The fourth-order valence-corrected chi connectivity index (χ4v) is 3.63. The molecule has 0 fully saturated rings. The van der Waals surface area contributed by atoms with Crippen molar-refractivity contribution in [3.63, 3.8) is 0 Å². The molecule has 4 rings (SSSR count). The van der Waals surface area contributed by atoms with Gasteiger partial charge in [-0.15, -0.1) is 0 Å². The lowest BCUT2D eigenvalue weighted by atomic mass is 10.1. The molecule has 0 aliphatic carbocycles. The highest BCUT2D eigenvalue weighted by atomic mass is 16.5. The van der Waals surface area contributed by atoms with Crippen LogP contribution in [0.1, 0.15) is 42.9 Å². The van der Waals surface area contributed by atoms with Gasteiger partial charge in [0.25, 0.3) is 5.56 Å². The maximum Gasteiger partial charge on any atom is 0.411 e. The van der Waals surface area contributed by atoms with Crippen LogP contribution in [-0.2, 0) is 16.1 Å². The SMILES string of the molecule is CCOC(=O)Nc1ccc2c(COC(=O)c3nn(C(C)C)c(=O)c4ccccc34)cc(=O)oc2c1. The van der Waals surface area contributed by atoms with E-state index in [0.29, 0.717) is 27.4 Å². The number of aromatic nitrogens is 2. The zero-order valence-corrected chi connectivity index (χ0v) is 19.4. The van der Waals surface area contributed by atoms with Crippen LogP contribution in [-0.4, -0.2) is 28.4 Å². The van der Waals surface area contributed by atoms with Gasteiger partial charge in [-0.2, -0.15) is 5.10 Å². The van der Waals surface area contributed by atoms with E-state index in [9.17, 15) is 19.2 Å². The van der Waals surface area contributed by atoms with Crippen LogP contribution in [0.2, 0.25) is 0 Å². The van der Waals surface area contributed by atoms with Crippen molar-refractivity contribution in [2.75, 3.05) is 11.9 Å². The average molecular weight is 477 g/mol. The second kappa shape index (κ2) is 9.80. The number of nitrogens with one attached hydrogen (secondary N) is 1. The molecule has 2 aromatic carbocycles. The van der Waals surface area contributed by atoms with Crippen molar-refractivity contribution in [3.05, 3.63) is 80.6 Å². The van der Waals surface area contributed by atoms with Gasteiger partial charge in [0, 0.05) is 34.2 Å². The topological polar surface area (TPSA) is 130 Å². The molecule has 2 aromatic heterocycles. The summed E-state index contributed by atoms with van der Waals surface area (Å²) in [7, 11) is 0. The zero-order valence-electron chi connectivity index (χ0n) is 19.4. The first-order valence-corrected chi connectivity index (χ1v) is 11.0. The van der Waals surface area contributed by atoms with Gasteiger partial charge in [-0.3, -0.25) is 10.1 Å². The Kier molecular flexibility index (Phi) is 6.63. The average Bonchev–Trinajstić information content (AvgIpc) is 2.82. The second-order valence-electron chi connectivity index (χ2n) is 7.96. The van der Waals surface area contributed by atoms with Crippen molar-refractivity contribution in [3.8, 4) is 0 Å². The van der Waals surface area contributed by atoms with E-state index >= 15 is 0 Å². The maximum atomic E-state index is 13.0. The number of esters is 1. The molecule has 0 aliphatic heterocycles. The smallest absolute Gasteiger partial charge is 0.411 e. The summed E-state index contributed by atoms with van der Waals surface area (Å²) >= 11 is 0. The predicted octanol–water partition coefficient (Wildman–Crippen LogP) is 4.01. The van der Waals surface area contributed by atoms with Crippen LogP contribution in [0.15, 0.2) is 62.5 Å². The van der Waals surface area contributed by atoms with Crippen LogP contribution in [0.3, 0.4) is 0 Å². The molecule has 0 unspecified atom stereocenters. The van der Waals surface area contributed by atoms with Gasteiger partial charge < -0.3 is 13.9 Å². The first-order chi connectivity index (χ1) is 16.8. The number of hydrogen-bond acceptors (Lipinski definition) is 8. The third kappa shape index (κ3) is 4.91. The fraction of sp³-hybridized carbons (Fsp3) is 0.240. The molecule has 4 aromatic rings. The lowest BCUT2D eigenvalue weighted by Crippen LogP contribution is -2.27. The molecule has 0 saturated carbocycles. The summed E-state index contributed by atoms with van der Waals surface area (Å²) in [4.78, 5) is 49.5. The van der Waals surface area contributed by atoms with E-state index in [-0.39, 0.29) is 36.1 Å². The molecule has 2 heterocycles. The third-order valence-electron chi connectivity index (χ3n) is 5.22. The molecule has 10 heteroatoms. The molecule has 0 spiro atoms. The van der Waals surface area contributed by atoms with Crippen LogP contribution in [0.5, 0.6) is 0 Å². The Morgan fingerprint density at radius 1 is 1.03 bits per heavy atom. The summed E-state index contributed by atoms with van der Waals surface area (Å²) in [6.07, 6.45) is -0.637. The first-order valence-electron chi connectivity index (χ1n) is 11.0. The normalized spacial score (nSPS) is 11.1. The summed E-state index contributed by atoms with van der Waals surface area (Å²) in [5.41, 5.74) is 0.0466. The summed E-state index contributed by atoms with van der Waals surface area (Å²) in [6.45, 7) is 5.24. The van der Waals surface area contributed by atoms with E-state index in [2.05, 4.69) is 10.4 Å². The Labute approximate surface area is 199 Å². The Morgan fingerprint density at radius 3 is 2.49 bits per heavy atom. The minimum Gasteiger partial charge on any atom is -0.456 e. The molecule has 1 N–H and O–H groups in total. The van der Waals surface area contributed by atoms with Crippen molar-refractivity contribution in [1.82, 2.24) is 9.78 Å². The van der Waals surface area contributed by atoms with Gasteiger partial charge in [0.1, 0.15) is 12.2 Å². The molecule has 0 bridgehead atoms. The molecule has 0 atom stereocenters. The van der Waals surface area contributed by atoms with E-state index in [4.69, 9.17) is 13.9 Å². The van der Waals surface area contributed by atoms with E-state index in [0.717, 1.165) is 0 Å². The zero-order chi connectivity index (χ0) is 25.1. The number of rotatable bonds is 6. The number of anilines is 1. The molecule has 35 heavy (non-hydrogen) atoms. The number of carbonyl (C=O) groups is 2. The second-order valence-corrected chi connectivity index (χ2v) is 7.96. The van der Waals surface area contributed by atoms with Crippen molar-refractivity contribution in [2.45, 2.75) is 33.4 Å². The Hall–Kier alpha value is -4.47. The number of nitrogens with zero attached hydrogens (tertiary/aromatic N) is 2. The van der Waals surface area contributed by atoms with Crippen LogP contribution >= 0.6 is 0 Å². The number of benzene rings is 2. The lowest BCUT2D eigenvalue weighted by Gasteiger charge is -2.13. The van der Waals surface area contributed by atoms with Crippen molar-refractivity contribution in [1.29, 1.82) is 0 Å². The van der Waals surface area contributed by atoms with Gasteiger partial charge in [0.05, 0.1) is 18.0 Å². The molecular formula is C25H23N3O7. The molecule has 10 nitrogen and oxygen atoms in total. The van der Waals surface area contributed by atoms with Gasteiger partial charge in [-0.05, 0) is 39.0 Å². The highest BCUT2D eigenvalue weighted by molar-refractivity contribution is 6.02. The van der Waals surface area contributed by atoms with E-state index in [1.54, 1.807) is 57.2 Å². The van der Waals surface area contributed by atoms with Gasteiger partial charge in [-0.25, -0.2) is 19.1 Å². The Bertz CT molecular complexity index is 1550. The highest BCUT2D eigenvalue weighted by Gasteiger charge is 2.20. The monoisotopic (exact) mass is 477 g/mol. The number of carbonyl (C=O) groups excluding carboxylic acids is 2. The van der Waals surface area contributed by atoms with Gasteiger partial charge in [-0.1, -0.05) is 18.2 Å². The Morgan fingerprint density at radius 2 is 1.77 bits per heavy atom. The summed E-state index contributed by atoms with van der Waals surface area (Å²) < 4.78 is 16.8. The van der Waals surface area contributed by atoms with Crippen LogP contribution in [0, 0.1) is 0 Å². The Balaban J connectivity index is 1.65. The number of amides is 1. The minimum absolute atomic E-state index is 0.00194. The number of ether oxygens (including phenoxy) is 2. The fourth-order valence-electron chi connectivity index (χ4n) is 3.63. The first kappa shape index (κ1) is 23.7. The summed E-state index contributed by atoms with van der Waals surface area (Å²) in [5.74, 6) is -0.738. The number of hydrogen-bond donors (Lipinski definition) is 1. The van der Waals surface area contributed by atoms with Crippen molar-refractivity contribution >= 4 is 39.5 Å². The molecule has 1 amide bonds. The lowest BCUT2D eigenvalue weighted by molar-refractivity contribution is 0.0466. The van der Waals surface area contributed by atoms with E-state index in [1.807, 2.05) is 0 Å². The molecule has 180 valence electrons. The standard InChI is InChI=1S/C25H23N3O7/c1-4-33-25(32)26-16-9-10-17-15(11-21(29)35-20(17)12-16)13-34-24(31)22-18-7-5-6-8-19(18)23(30)28(27-22)14(2)3/h5-12,14H,4,13H2,1-3H3,(H,26,32). The summed E-state index contributed by atoms with van der Waals surface area (Å²) in [5, 5.41) is 8.04. The molecular weight excluding hydrogens is 454 g/mol. The summed E-state index contributed by atoms with van der Waals surface area (Å²) in [6, 6.07) is 12.4. The predicted molar refractivity (Wildman–Crippen MR) is 129 cm³/mol. The molecule has 0 saturated heterocycles. The molecule has 0 aliphatic rings. The van der Waals surface area contributed by atoms with Gasteiger partial charge in [0.15, 0.2) is 5.69 Å². The van der Waals surface area contributed by atoms with Gasteiger partial charge >= 0.3 is 17.7 Å².